The number of hydrogen-bond donors (Lipinski definition) is 1. The predicted molar refractivity (Wildman–Crippen MR) is 127 cm³/mol. The Kier molecular flexibility index (Phi) is 5.89. The van der Waals surface area contributed by atoms with Crippen LogP contribution in [0.5, 0.6) is 28.7 Å². The van der Waals surface area contributed by atoms with Gasteiger partial charge in [0.2, 0.25) is 10.0 Å². The third-order valence-electron chi connectivity index (χ3n) is 5.87. The molecule has 176 valence electrons. The number of piperidine rings is 1. The number of methoxy groups -OCH3 is 1. The fourth-order valence-electron chi connectivity index (χ4n) is 4.07. The summed E-state index contributed by atoms with van der Waals surface area (Å²) in [6.45, 7) is 0.852. The Morgan fingerprint density at radius 1 is 0.912 bits per heavy atom. The number of benzene rings is 3. The van der Waals surface area contributed by atoms with Crippen molar-refractivity contribution in [3.05, 3.63) is 66.2 Å². The Morgan fingerprint density at radius 2 is 1.62 bits per heavy atom. The van der Waals surface area contributed by atoms with E-state index >= 15 is 0 Å². The van der Waals surface area contributed by atoms with Crippen LogP contribution in [0.3, 0.4) is 0 Å². The monoisotopic (exact) mass is 480 g/mol. The smallest absolute Gasteiger partial charge is 0.259 e. The fourth-order valence-corrected chi connectivity index (χ4v) is 5.71. The van der Waals surface area contributed by atoms with Crippen molar-refractivity contribution in [1.82, 2.24) is 4.31 Å². The minimum absolute atomic E-state index is 0.0753. The quantitative estimate of drug-likeness (QED) is 0.551. The second kappa shape index (κ2) is 9.00. The van der Waals surface area contributed by atoms with Crippen molar-refractivity contribution in [3.8, 4) is 28.7 Å². The second-order valence-corrected chi connectivity index (χ2v) is 10.00. The van der Waals surface area contributed by atoms with Gasteiger partial charge in [0, 0.05) is 19.2 Å². The zero-order chi connectivity index (χ0) is 23.7. The molecule has 0 saturated carbocycles. The van der Waals surface area contributed by atoms with Gasteiger partial charge >= 0.3 is 0 Å². The zero-order valence-corrected chi connectivity index (χ0v) is 19.4. The van der Waals surface area contributed by atoms with Crippen LogP contribution in [0, 0.1) is 0 Å². The summed E-state index contributed by atoms with van der Waals surface area (Å²) in [5, 5.41) is 2.79. The predicted octanol–water partition coefficient (Wildman–Crippen LogP) is 5.02. The van der Waals surface area contributed by atoms with Crippen LogP contribution in [0.25, 0.3) is 0 Å². The van der Waals surface area contributed by atoms with E-state index in [9.17, 15) is 13.2 Å². The van der Waals surface area contributed by atoms with Gasteiger partial charge in [-0.05, 0) is 55.3 Å². The fraction of sp³-hybridized carbons (Fsp3) is 0.240. The Bertz CT molecular complexity index is 1330. The summed E-state index contributed by atoms with van der Waals surface area (Å²) in [4.78, 5) is 12.9. The molecule has 2 aliphatic heterocycles. The Balaban J connectivity index is 1.63. The van der Waals surface area contributed by atoms with Crippen LogP contribution in [0.2, 0.25) is 0 Å². The van der Waals surface area contributed by atoms with Gasteiger partial charge in [-0.3, -0.25) is 4.79 Å². The van der Waals surface area contributed by atoms with E-state index in [0.717, 1.165) is 19.3 Å². The molecule has 3 aromatic carbocycles. The number of para-hydroxylation sites is 2. The summed E-state index contributed by atoms with van der Waals surface area (Å²) in [5.74, 6) is 1.37. The van der Waals surface area contributed by atoms with Gasteiger partial charge in [-0.25, -0.2) is 8.42 Å². The number of anilines is 1. The first-order chi connectivity index (χ1) is 16.5. The van der Waals surface area contributed by atoms with Gasteiger partial charge in [0.1, 0.15) is 22.1 Å². The first-order valence-electron chi connectivity index (χ1n) is 11.0. The maximum Gasteiger partial charge on any atom is 0.259 e. The molecule has 1 saturated heterocycles. The number of nitrogens with one attached hydrogen (secondary N) is 1. The van der Waals surface area contributed by atoms with E-state index in [4.69, 9.17) is 14.2 Å². The van der Waals surface area contributed by atoms with Crippen molar-refractivity contribution in [1.29, 1.82) is 0 Å². The number of amides is 1. The zero-order valence-electron chi connectivity index (χ0n) is 18.6. The lowest BCUT2D eigenvalue weighted by atomic mass is 10.1. The number of nitrogens with zero attached hydrogens (tertiary/aromatic N) is 1. The number of hydrogen-bond acceptors (Lipinski definition) is 6. The molecule has 0 aromatic heterocycles. The first kappa shape index (κ1) is 22.2. The third kappa shape index (κ3) is 4.20. The van der Waals surface area contributed by atoms with Crippen LogP contribution in [-0.4, -0.2) is 38.8 Å². The van der Waals surface area contributed by atoms with Gasteiger partial charge in [-0.2, -0.15) is 4.31 Å². The molecule has 34 heavy (non-hydrogen) atoms. The van der Waals surface area contributed by atoms with Crippen LogP contribution >= 0.6 is 0 Å². The van der Waals surface area contributed by atoms with Crippen molar-refractivity contribution >= 4 is 21.6 Å². The topological polar surface area (TPSA) is 94.2 Å². The average Bonchev–Trinajstić information content (AvgIpc) is 2.99. The van der Waals surface area contributed by atoms with E-state index in [1.54, 1.807) is 55.6 Å². The lowest BCUT2D eigenvalue weighted by molar-refractivity contribution is 0.102. The molecule has 1 fully saturated rings. The summed E-state index contributed by atoms with van der Waals surface area (Å²) in [5.41, 5.74) is 0.621. The molecular weight excluding hydrogens is 456 g/mol. The molecule has 1 amide bonds. The van der Waals surface area contributed by atoms with Crippen molar-refractivity contribution in [2.75, 3.05) is 25.5 Å². The number of rotatable bonds is 5. The van der Waals surface area contributed by atoms with Gasteiger partial charge in [0.05, 0.1) is 18.4 Å². The summed E-state index contributed by atoms with van der Waals surface area (Å²) >= 11 is 0. The maximum absolute atomic E-state index is 13.6. The van der Waals surface area contributed by atoms with Crippen LogP contribution in [-0.2, 0) is 10.0 Å². The molecular formula is C25H24N2O6S. The normalized spacial score (nSPS) is 15.9. The molecule has 0 bridgehead atoms. The number of carbonyl (C=O) groups is 1. The molecule has 3 aromatic rings. The molecule has 1 N–H and O–H groups in total. The molecule has 8 nitrogen and oxygen atoms in total. The second-order valence-electron chi connectivity index (χ2n) is 8.09. The summed E-state index contributed by atoms with van der Waals surface area (Å²) < 4.78 is 46.0. The van der Waals surface area contributed by atoms with Crippen LogP contribution in [0.1, 0.15) is 29.6 Å². The van der Waals surface area contributed by atoms with Crippen molar-refractivity contribution in [2.24, 2.45) is 0 Å². The Morgan fingerprint density at radius 3 is 2.35 bits per heavy atom. The molecule has 9 heteroatoms. The maximum atomic E-state index is 13.6. The number of ether oxygens (including phenoxy) is 3. The lowest BCUT2D eigenvalue weighted by Crippen LogP contribution is -2.35. The van der Waals surface area contributed by atoms with Gasteiger partial charge in [-0.15, -0.1) is 0 Å². The van der Waals surface area contributed by atoms with Crippen LogP contribution < -0.4 is 19.5 Å². The molecule has 0 spiro atoms. The minimum atomic E-state index is -3.91. The minimum Gasteiger partial charge on any atom is -0.497 e. The average molecular weight is 481 g/mol. The van der Waals surface area contributed by atoms with E-state index < -0.39 is 15.9 Å². The van der Waals surface area contributed by atoms with Crippen LogP contribution in [0.4, 0.5) is 5.69 Å². The molecule has 0 unspecified atom stereocenters. The molecule has 5 rings (SSSR count). The molecule has 0 aliphatic carbocycles. The SMILES string of the molecule is COc1ccc(Oc2cc3c(cc2S(=O)(=O)N2CCCCC2)C(=O)Nc2ccccc2O3)cc1. The molecule has 0 radical (unpaired) electrons. The standard InChI is InChI=1S/C25H24N2O6S/c1-31-17-9-11-18(12-10-17)32-23-16-22-19(25(28)26-20-7-3-4-8-21(20)33-22)15-24(23)34(29,30)27-13-5-2-6-14-27/h3-4,7-12,15-16H,2,5-6,13-14H2,1H3,(H,26,28). The highest BCUT2D eigenvalue weighted by Gasteiger charge is 2.33. The van der Waals surface area contributed by atoms with Crippen molar-refractivity contribution in [3.63, 3.8) is 0 Å². The van der Waals surface area contributed by atoms with E-state index in [0.29, 0.717) is 36.0 Å². The van der Waals surface area contributed by atoms with Gasteiger partial charge in [-0.1, -0.05) is 18.6 Å². The van der Waals surface area contributed by atoms with E-state index in [2.05, 4.69) is 5.32 Å². The number of carbonyl (C=O) groups excluding carboxylic acids is 1. The highest BCUT2D eigenvalue weighted by molar-refractivity contribution is 7.89. The van der Waals surface area contributed by atoms with E-state index in [1.807, 2.05) is 0 Å². The summed E-state index contributed by atoms with van der Waals surface area (Å²) in [7, 11) is -2.35. The van der Waals surface area contributed by atoms with Crippen molar-refractivity contribution < 1.29 is 27.4 Å². The lowest BCUT2D eigenvalue weighted by Gasteiger charge is -2.27. The highest BCUT2D eigenvalue weighted by atomic mass is 32.2. The number of sulfonamides is 1. The van der Waals surface area contributed by atoms with E-state index in [-0.39, 0.29) is 22.0 Å². The van der Waals surface area contributed by atoms with Crippen molar-refractivity contribution in [2.45, 2.75) is 24.2 Å². The number of fused-ring (bicyclic) bond motifs is 2. The van der Waals surface area contributed by atoms with E-state index in [1.165, 1.54) is 16.4 Å². The van der Waals surface area contributed by atoms with Gasteiger partial charge in [0.25, 0.3) is 5.91 Å². The molecule has 2 aliphatic rings. The molecule has 0 atom stereocenters. The Labute approximate surface area is 198 Å². The third-order valence-corrected chi connectivity index (χ3v) is 7.79. The van der Waals surface area contributed by atoms with Gasteiger partial charge in [0.15, 0.2) is 11.5 Å². The largest absolute Gasteiger partial charge is 0.497 e. The van der Waals surface area contributed by atoms with Gasteiger partial charge < -0.3 is 19.5 Å². The summed E-state index contributed by atoms with van der Waals surface area (Å²) in [6.07, 6.45) is 2.56. The highest BCUT2D eigenvalue weighted by Crippen LogP contribution is 2.42. The van der Waals surface area contributed by atoms with Crippen LogP contribution in [0.15, 0.2) is 65.6 Å². The molecule has 2 heterocycles. The Hall–Kier alpha value is -3.56. The first-order valence-corrected chi connectivity index (χ1v) is 12.5. The summed E-state index contributed by atoms with van der Waals surface area (Å²) in [6, 6.07) is 16.7.